The number of ether oxygens (including phenoxy) is 3. The highest BCUT2D eigenvalue weighted by Gasteiger charge is 2.52. The van der Waals surface area contributed by atoms with Crippen molar-refractivity contribution < 1.29 is 33.3 Å². The molecule has 1 amide bonds. The van der Waals surface area contributed by atoms with Gasteiger partial charge in [-0.1, -0.05) is 0 Å². The fourth-order valence-electron chi connectivity index (χ4n) is 6.56. The zero-order valence-corrected chi connectivity index (χ0v) is 23.3. The van der Waals surface area contributed by atoms with E-state index in [9.17, 15) is 9.59 Å². The molecule has 2 atom stereocenters. The molecular formula is C30H32FN5O6. The SMILES string of the molecule is CN(c1ccc2c(n1)NC(=O)CO2)C12CCC(CCc3c(F)cnc4ccc(OCC5CC5C(=O)O)nc34)(CC1)OC2. The van der Waals surface area contributed by atoms with E-state index in [2.05, 4.69) is 25.2 Å². The Morgan fingerprint density at radius 1 is 1.21 bits per heavy atom. The van der Waals surface area contributed by atoms with Crippen LogP contribution in [0.15, 0.2) is 30.5 Å². The highest BCUT2D eigenvalue weighted by atomic mass is 19.1. The van der Waals surface area contributed by atoms with E-state index in [0.29, 0.717) is 59.9 Å². The van der Waals surface area contributed by atoms with Crippen LogP contribution in [0.5, 0.6) is 11.6 Å². The normalized spacial score (nSPS) is 27.6. The second kappa shape index (κ2) is 10.0. The molecular weight excluding hydrogens is 545 g/mol. The van der Waals surface area contributed by atoms with E-state index >= 15 is 4.39 Å². The van der Waals surface area contributed by atoms with Crippen molar-refractivity contribution in [2.45, 2.75) is 56.1 Å². The number of rotatable bonds is 9. The summed E-state index contributed by atoms with van der Waals surface area (Å²) in [6.07, 6.45) is 6.40. The van der Waals surface area contributed by atoms with Gasteiger partial charge in [-0.15, -0.1) is 0 Å². The van der Waals surface area contributed by atoms with E-state index in [4.69, 9.17) is 19.3 Å². The first-order valence-electron chi connectivity index (χ1n) is 14.4. The average molecular weight is 578 g/mol. The highest BCUT2D eigenvalue weighted by molar-refractivity contribution is 5.94. The molecule has 2 N–H and O–H groups in total. The van der Waals surface area contributed by atoms with Gasteiger partial charge >= 0.3 is 5.97 Å². The van der Waals surface area contributed by atoms with Gasteiger partial charge in [-0.25, -0.2) is 14.4 Å². The van der Waals surface area contributed by atoms with E-state index in [1.807, 2.05) is 19.2 Å². The van der Waals surface area contributed by atoms with Gasteiger partial charge in [0.15, 0.2) is 18.2 Å². The summed E-state index contributed by atoms with van der Waals surface area (Å²) in [5, 5.41) is 11.9. The molecule has 3 aliphatic heterocycles. The predicted octanol–water partition coefficient (Wildman–Crippen LogP) is 3.75. The largest absolute Gasteiger partial charge is 0.481 e. The first-order valence-corrected chi connectivity index (χ1v) is 14.4. The number of pyridine rings is 3. The van der Waals surface area contributed by atoms with Crippen LogP contribution in [-0.4, -0.2) is 69.9 Å². The fraction of sp³-hybridized carbons (Fsp3) is 0.500. The molecule has 3 aromatic rings. The molecule has 4 fully saturated rings. The zero-order chi connectivity index (χ0) is 29.1. The number of fused-ring (bicyclic) bond motifs is 5. The van der Waals surface area contributed by atoms with Crippen LogP contribution in [0.3, 0.4) is 0 Å². The van der Waals surface area contributed by atoms with Crippen molar-refractivity contribution in [1.29, 1.82) is 0 Å². The standard InChI is InChI=1S/C30H32FN5O6/c1-36(23-4-3-22-27(33-23)34-24(37)15-40-22)29-8-10-30(11-9-29,42-16-29)7-6-18-20(31)13-32-21-2-5-25(35-26(18)21)41-14-17-12-19(17)28(38)39/h2-5,13,17,19H,6-12,14-16H2,1H3,(H,38,39)(H,33,34,37). The molecule has 3 aromatic heterocycles. The monoisotopic (exact) mass is 577 g/mol. The molecule has 2 aliphatic carbocycles. The molecule has 8 rings (SSSR count). The van der Waals surface area contributed by atoms with Gasteiger partial charge in [0.2, 0.25) is 5.88 Å². The minimum atomic E-state index is -0.806. The molecule has 42 heavy (non-hydrogen) atoms. The van der Waals surface area contributed by atoms with E-state index in [1.54, 1.807) is 12.1 Å². The molecule has 12 heteroatoms. The number of carbonyl (C=O) groups excluding carboxylic acids is 1. The number of halogens is 1. The van der Waals surface area contributed by atoms with Crippen LogP contribution in [0.1, 0.15) is 44.1 Å². The van der Waals surface area contributed by atoms with Crippen LogP contribution in [0.4, 0.5) is 16.0 Å². The van der Waals surface area contributed by atoms with Gasteiger partial charge in [-0.3, -0.25) is 14.6 Å². The second-order valence-electron chi connectivity index (χ2n) is 12.0. The van der Waals surface area contributed by atoms with E-state index in [1.165, 1.54) is 6.20 Å². The van der Waals surface area contributed by atoms with Crippen molar-refractivity contribution in [1.82, 2.24) is 15.0 Å². The third-order valence-corrected chi connectivity index (χ3v) is 9.51. The molecule has 2 saturated carbocycles. The smallest absolute Gasteiger partial charge is 0.306 e. The maximum absolute atomic E-state index is 15.1. The summed E-state index contributed by atoms with van der Waals surface area (Å²) in [5.41, 5.74) is 0.970. The number of likely N-dealkylation sites (N-methyl/N-ethyl adjacent to an activating group) is 1. The Hall–Kier alpha value is -4.06. The third kappa shape index (κ3) is 4.77. The lowest BCUT2D eigenvalue weighted by Crippen LogP contribution is -2.62. The van der Waals surface area contributed by atoms with Crippen molar-refractivity contribution in [2.24, 2.45) is 11.8 Å². The topological polar surface area (TPSA) is 136 Å². The van der Waals surface area contributed by atoms with Crippen LogP contribution in [0, 0.1) is 17.7 Å². The Morgan fingerprint density at radius 3 is 2.79 bits per heavy atom. The highest BCUT2D eigenvalue weighted by Crippen LogP contribution is 2.49. The quantitative estimate of drug-likeness (QED) is 0.387. The molecule has 2 saturated heterocycles. The second-order valence-corrected chi connectivity index (χ2v) is 12.0. The number of carboxylic acids is 1. The summed E-state index contributed by atoms with van der Waals surface area (Å²) >= 11 is 0. The van der Waals surface area contributed by atoms with Gasteiger partial charge in [-0.2, -0.15) is 0 Å². The predicted molar refractivity (Wildman–Crippen MR) is 149 cm³/mol. The summed E-state index contributed by atoms with van der Waals surface area (Å²) < 4.78 is 32.9. The van der Waals surface area contributed by atoms with Gasteiger partial charge in [0.05, 0.1) is 47.5 Å². The molecule has 0 aromatic carbocycles. The van der Waals surface area contributed by atoms with Crippen molar-refractivity contribution in [3.8, 4) is 11.6 Å². The molecule has 2 bridgehead atoms. The summed E-state index contributed by atoms with van der Waals surface area (Å²) in [5.74, 6) is 0.246. The Bertz CT molecular complexity index is 1560. The van der Waals surface area contributed by atoms with E-state index < -0.39 is 11.8 Å². The summed E-state index contributed by atoms with van der Waals surface area (Å²) in [4.78, 5) is 38.5. The number of anilines is 2. The number of hydrogen-bond acceptors (Lipinski definition) is 9. The lowest BCUT2D eigenvalue weighted by Gasteiger charge is -2.56. The minimum absolute atomic E-state index is 0.0106. The Morgan fingerprint density at radius 2 is 2.05 bits per heavy atom. The number of aryl methyl sites for hydroxylation is 1. The van der Waals surface area contributed by atoms with Crippen LogP contribution in [0.25, 0.3) is 11.0 Å². The molecule has 5 aliphatic rings. The maximum atomic E-state index is 15.1. The third-order valence-electron chi connectivity index (χ3n) is 9.51. The Labute approximate surface area is 241 Å². The van der Waals surface area contributed by atoms with Crippen LogP contribution in [-0.2, 0) is 20.7 Å². The molecule has 11 nitrogen and oxygen atoms in total. The van der Waals surface area contributed by atoms with Crippen molar-refractivity contribution >= 4 is 34.5 Å². The number of aromatic nitrogens is 3. The maximum Gasteiger partial charge on any atom is 0.306 e. The molecule has 0 spiro atoms. The number of carbonyl (C=O) groups is 2. The molecule has 220 valence electrons. The number of nitrogens with one attached hydrogen (secondary N) is 1. The van der Waals surface area contributed by atoms with Crippen LogP contribution in [0.2, 0.25) is 0 Å². The summed E-state index contributed by atoms with van der Waals surface area (Å²) in [7, 11) is 2.01. The number of amides is 1. The number of hydrogen-bond donors (Lipinski definition) is 2. The first-order chi connectivity index (χ1) is 20.2. The first kappa shape index (κ1) is 26.8. The molecule has 0 radical (unpaired) electrons. The Balaban J connectivity index is 1.03. The lowest BCUT2D eigenvalue weighted by molar-refractivity contribution is -0.156. The van der Waals surface area contributed by atoms with Gasteiger partial charge in [0.25, 0.3) is 5.91 Å². The number of aliphatic carboxylic acids is 1. The van der Waals surface area contributed by atoms with Gasteiger partial charge < -0.3 is 29.5 Å². The van der Waals surface area contributed by atoms with E-state index in [-0.39, 0.29) is 42.1 Å². The lowest BCUT2D eigenvalue weighted by atomic mass is 9.68. The number of nitrogens with zero attached hydrogens (tertiary/aromatic N) is 4. The van der Waals surface area contributed by atoms with Gasteiger partial charge in [-0.05, 0) is 63.1 Å². The minimum Gasteiger partial charge on any atom is -0.481 e. The molecule has 2 unspecified atom stereocenters. The number of carboxylic acid groups (broad SMARTS) is 1. The van der Waals surface area contributed by atoms with E-state index in [0.717, 1.165) is 31.5 Å². The van der Waals surface area contributed by atoms with Crippen LogP contribution < -0.4 is 19.7 Å². The summed E-state index contributed by atoms with van der Waals surface area (Å²) in [6.45, 7) is 0.785. The van der Waals surface area contributed by atoms with Crippen LogP contribution >= 0.6 is 0 Å². The molecule has 6 heterocycles. The van der Waals surface area contributed by atoms with Crippen molar-refractivity contribution in [3.05, 3.63) is 41.8 Å². The fourth-order valence-corrected chi connectivity index (χ4v) is 6.56. The van der Waals surface area contributed by atoms with Gasteiger partial charge in [0.1, 0.15) is 11.6 Å². The Kier molecular flexibility index (Phi) is 6.41. The van der Waals surface area contributed by atoms with Crippen molar-refractivity contribution in [2.75, 3.05) is 37.1 Å². The average Bonchev–Trinajstić information content (AvgIpc) is 3.80. The summed E-state index contributed by atoms with van der Waals surface area (Å²) in [6, 6.07) is 7.18. The van der Waals surface area contributed by atoms with Crippen molar-refractivity contribution in [3.63, 3.8) is 0 Å². The zero-order valence-electron chi connectivity index (χ0n) is 23.3. The van der Waals surface area contributed by atoms with Gasteiger partial charge in [0, 0.05) is 24.6 Å².